The summed E-state index contributed by atoms with van der Waals surface area (Å²) >= 11 is 6.13. The Hall–Kier alpha value is -1.95. The molecule has 0 bridgehead atoms. The molecular weight excluding hydrogens is 252 g/mol. The van der Waals surface area contributed by atoms with Crippen LogP contribution in [0.3, 0.4) is 0 Å². The summed E-state index contributed by atoms with van der Waals surface area (Å²) in [6.07, 6.45) is 5.31. The predicted molar refractivity (Wildman–Crippen MR) is 67.4 cm³/mol. The van der Waals surface area contributed by atoms with Gasteiger partial charge in [0, 0.05) is 19.4 Å². The van der Waals surface area contributed by atoms with E-state index in [4.69, 9.17) is 11.6 Å². The van der Waals surface area contributed by atoms with Crippen molar-refractivity contribution in [3.05, 3.63) is 35.4 Å². The number of hydrogen-bond donors (Lipinski definition) is 0. The molecule has 3 aromatic rings. The van der Waals surface area contributed by atoms with Gasteiger partial charge in [0.15, 0.2) is 11.5 Å². The maximum absolute atomic E-state index is 6.13. The first kappa shape index (κ1) is 11.2. The van der Waals surface area contributed by atoms with Crippen LogP contribution in [0.5, 0.6) is 0 Å². The molecular formula is C11H11ClN6. The third-order valence-corrected chi connectivity index (χ3v) is 3.12. The molecule has 0 aromatic carbocycles. The molecule has 3 rings (SSSR count). The minimum absolute atomic E-state index is 0.431. The van der Waals surface area contributed by atoms with Gasteiger partial charge in [0.2, 0.25) is 0 Å². The third kappa shape index (κ3) is 1.74. The lowest BCUT2D eigenvalue weighted by molar-refractivity contribution is 0.713. The van der Waals surface area contributed by atoms with E-state index in [0.717, 1.165) is 16.9 Å². The van der Waals surface area contributed by atoms with Crippen LogP contribution >= 0.6 is 11.6 Å². The highest BCUT2D eigenvalue weighted by Crippen LogP contribution is 2.19. The van der Waals surface area contributed by atoms with Gasteiger partial charge in [-0.3, -0.25) is 4.68 Å². The van der Waals surface area contributed by atoms with E-state index in [2.05, 4.69) is 20.1 Å². The maximum Gasteiger partial charge on any atom is 0.162 e. The van der Waals surface area contributed by atoms with Crippen LogP contribution in [-0.4, -0.2) is 29.3 Å². The van der Waals surface area contributed by atoms with Crippen LogP contribution in [-0.2, 0) is 13.6 Å². The van der Waals surface area contributed by atoms with Gasteiger partial charge in [0.25, 0.3) is 0 Å². The zero-order valence-electron chi connectivity index (χ0n) is 10.0. The summed E-state index contributed by atoms with van der Waals surface area (Å²) in [6.45, 7) is 2.48. The van der Waals surface area contributed by atoms with Gasteiger partial charge in [-0.25, -0.2) is 15.0 Å². The first-order valence-electron chi connectivity index (χ1n) is 5.47. The molecule has 0 atom stereocenters. The Balaban J connectivity index is 2.07. The minimum atomic E-state index is 0.431. The SMILES string of the molecule is Cc1nccn1Cc1nc(Cl)c2cnn(C)c2n1. The molecule has 0 saturated carbocycles. The van der Waals surface area contributed by atoms with Crippen LogP contribution in [0, 0.1) is 6.92 Å². The van der Waals surface area contributed by atoms with Gasteiger partial charge < -0.3 is 4.57 Å². The van der Waals surface area contributed by atoms with Crippen LogP contribution in [0.2, 0.25) is 5.15 Å². The van der Waals surface area contributed by atoms with E-state index in [9.17, 15) is 0 Å². The number of imidazole rings is 1. The van der Waals surface area contributed by atoms with Crippen molar-refractivity contribution < 1.29 is 0 Å². The summed E-state index contributed by atoms with van der Waals surface area (Å²) in [4.78, 5) is 12.9. The molecule has 0 aliphatic heterocycles. The smallest absolute Gasteiger partial charge is 0.162 e. The monoisotopic (exact) mass is 262 g/mol. The Morgan fingerprint density at radius 1 is 1.33 bits per heavy atom. The molecule has 0 spiro atoms. The zero-order chi connectivity index (χ0) is 12.7. The van der Waals surface area contributed by atoms with Crippen molar-refractivity contribution in [1.82, 2.24) is 29.3 Å². The van der Waals surface area contributed by atoms with Crippen LogP contribution in [0.4, 0.5) is 0 Å². The highest BCUT2D eigenvalue weighted by atomic mass is 35.5. The third-order valence-electron chi connectivity index (χ3n) is 2.83. The predicted octanol–water partition coefficient (Wildman–Crippen LogP) is 1.57. The van der Waals surface area contributed by atoms with E-state index in [1.807, 2.05) is 24.7 Å². The Morgan fingerprint density at radius 3 is 2.89 bits per heavy atom. The molecule has 0 saturated heterocycles. The van der Waals surface area contributed by atoms with E-state index in [1.54, 1.807) is 17.1 Å². The van der Waals surface area contributed by atoms with E-state index < -0.39 is 0 Å². The minimum Gasteiger partial charge on any atom is -0.328 e. The first-order chi connectivity index (χ1) is 8.65. The number of nitrogens with zero attached hydrogens (tertiary/aromatic N) is 6. The largest absolute Gasteiger partial charge is 0.328 e. The number of fused-ring (bicyclic) bond motifs is 1. The highest BCUT2D eigenvalue weighted by Gasteiger charge is 2.10. The molecule has 18 heavy (non-hydrogen) atoms. The van der Waals surface area contributed by atoms with Gasteiger partial charge in [0.05, 0.1) is 18.1 Å². The normalized spacial score (nSPS) is 11.3. The van der Waals surface area contributed by atoms with Crippen molar-refractivity contribution in [3.63, 3.8) is 0 Å². The fourth-order valence-electron chi connectivity index (χ4n) is 1.82. The Kier molecular flexibility index (Phi) is 2.52. The van der Waals surface area contributed by atoms with Crippen molar-refractivity contribution in [2.24, 2.45) is 7.05 Å². The molecule has 7 heteroatoms. The molecule has 3 heterocycles. The van der Waals surface area contributed by atoms with Crippen molar-refractivity contribution in [2.45, 2.75) is 13.5 Å². The summed E-state index contributed by atoms with van der Waals surface area (Å²) in [7, 11) is 1.83. The van der Waals surface area contributed by atoms with Crippen LogP contribution < -0.4 is 0 Å². The van der Waals surface area contributed by atoms with Gasteiger partial charge in [0.1, 0.15) is 11.0 Å². The van der Waals surface area contributed by atoms with E-state index >= 15 is 0 Å². The molecule has 0 amide bonds. The van der Waals surface area contributed by atoms with Gasteiger partial charge in [-0.15, -0.1) is 0 Å². The van der Waals surface area contributed by atoms with E-state index in [1.165, 1.54) is 0 Å². The van der Waals surface area contributed by atoms with Gasteiger partial charge >= 0.3 is 0 Å². The Morgan fingerprint density at radius 2 is 2.17 bits per heavy atom. The molecule has 92 valence electrons. The van der Waals surface area contributed by atoms with Crippen molar-refractivity contribution in [1.29, 1.82) is 0 Å². The molecule has 0 fully saturated rings. The highest BCUT2D eigenvalue weighted by molar-refractivity contribution is 6.33. The second-order valence-corrected chi connectivity index (χ2v) is 4.40. The van der Waals surface area contributed by atoms with Crippen LogP contribution in [0.15, 0.2) is 18.6 Å². The zero-order valence-corrected chi connectivity index (χ0v) is 10.8. The number of hydrogen-bond acceptors (Lipinski definition) is 4. The fourth-order valence-corrected chi connectivity index (χ4v) is 2.05. The lowest BCUT2D eigenvalue weighted by atomic mass is 10.4. The summed E-state index contributed by atoms with van der Waals surface area (Å²) < 4.78 is 3.65. The van der Waals surface area contributed by atoms with Crippen molar-refractivity contribution in [3.8, 4) is 0 Å². The summed E-state index contributed by atoms with van der Waals surface area (Å²) in [5, 5.41) is 5.32. The Bertz CT molecular complexity index is 713. The lowest BCUT2D eigenvalue weighted by Crippen LogP contribution is -2.06. The van der Waals surface area contributed by atoms with Gasteiger partial charge in [-0.05, 0) is 6.92 Å². The quantitative estimate of drug-likeness (QED) is 0.658. The van der Waals surface area contributed by atoms with Crippen LogP contribution in [0.1, 0.15) is 11.6 Å². The average Bonchev–Trinajstić information content (AvgIpc) is 2.88. The average molecular weight is 263 g/mol. The molecule has 0 unspecified atom stereocenters. The summed E-state index contributed by atoms with van der Waals surface area (Å²) in [6, 6.07) is 0. The second-order valence-electron chi connectivity index (χ2n) is 4.04. The molecule has 0 aliphatic carbocycles. The topological polar surface area (TPSA) is 61.4 Å². The first-order valence-corrected chi connectivity index (χ1v) is 5.85. The molecule has 6 nitrogen and oxygen atoms in total. The van der Waals surface area contributed by atoms with Gasteiger partial charge in [-0.1, -0.05) is 11.6 Å². The second kappa shape index (κ2) is 4.06. The van der Waals surface area contributed by atoms with E-state index in [0.29, 0.717) is 17.5 Å². The van der Waals surface area contributed by atoms with Crippen LogP contribution in [0.25, 0.3) is 11.0 Å². The Labute approximate surface area is 108 Å². The molecule has 0 aliphatic rings. The van der Waals surface area contributed by atoms with Crippen molar-refractivity contribution in [2.75, 3.05) is 0 Å². The maximum atomic E-state index is 6.13. The number of halogens is 1. The summed E-state index contributed by atoms with van der Waals surface area (Å²) in [5.41, 5.74) is 0.739. The van der Waals surface area contributed by atoms with Gasteiger partial charge in [-0.2, -0.15) is 5.10 Å². The van der Waals surface area contributed by atoms with E-state index in [-0.39, 0.29) is 0 Å². The fraction of sp³-hybridized carbons (Fsp3) is 0.273. The summed E-state index contributed by atoms with van der Waals surface area (Å²) in [5.74, 6) is 1.57. The number of rotatable bonds is 2. The molecule has 0 N–H and O–H groups in total. The number of aromatic nitrogens is 6. The lowest BCUT2D eigenvalue weighted by Gasteiger charge is -2.05. The molecule has 0 radical (unpaired) electrons. The number of aryl methyl sites for hydroxylation is 2. The molecule has 3 aromatic heterocycles. The van der Waals surface area contributed by atoms with Crippen molar-refractivity contribution >= 4 is 22.6 Å². The standard InChI is InChI=1S/C11H11ClN6/c1-7-13-3-4-18(7)6-9-15-10(12)8-5-14-17(2)11(8)16-9/h3-5H,6H2,1-2H3.